The minimum atomic E-state index is -0.609. The van der Waals surface area contributed by atoms with Crippen molar-refractivity contribution in [1.82, 2.24) is 9.55 Å². The average Bonchev–Trinajstić information content (AvgIpc) is 3.18. The first-order chi connectivity index (χ1) is 13.2. The van der Waals surface area contributed by atoms with Crippen molar-refractivity contribution >= 4 is 45.3 Å². The number of rotatable bonds is 3. The molecule has 0 spiro atoms. The second kappa shape index (κ2) is 5.95. The molecule has 2 amide bonds. The highest BCUT2D eigenvalue weighted by Gasteiger charge is 2.34. The molecular weight excluding hydrogens is 340 g/mol. The molecule has 1 aliphatic rings. The zero-order valence-electron chi connectivity index (χ0n) is 14.3. The van der Waals surface area contributed by atoms with Crippen LogP contribution >= 0.6 is 0 Å². The highest BCUT2D eigenvalue weighted by Crippen LogP contribution is 2.32. The highest BCUT2D eigenvalue weighted by molar-refractivity contribution is 6.06. The van der Waals surface area contributed by atoms with Gasteiger partial charge >= 0.3 is 0 Å². The average molecular weight is 356 g/mol. The minimum absolute atomic E-state index is 0.0441. The fraction of sp³-hybridized carbons (Fsp3) is 0.0952. The molecule has 132 valence electrons. The largest absolute Gasteiger partial charge is 0.325 e. The lowest BCUT2D eigenvalue weighted by Crippen LogP contribution is -2.23. The van der Waals surface area contributed by atoms with Gasteiger partial charge in [0.15, 0.2) is 0 Å². The van der Waals surface area contributed by atoms with Crippen molar-refractivity contribution in [2.75, 3.05) is 10.6 Å². The summed E-state index contributed by atoms with van der Waals surface area (Å²) in [6.07, 6.45) is 0.0441. The van der Waals surface area contributed by atoms with Crippen LogP contribution in [-0.4, -0.2) is 21.4 Å². The van der Waals surface area contributed by atoms with Gasteiger partial charge in [0, 0.05) is 11.1 Å². The molecule has 4 aromatic rings. The summed E-state index contributed by atoms with van der Waals surface area (Å²) < 4.78 is 1.81. The second-order valence-electron chi connectivity index (χ2n) is 6.58. The van der Waals surface area contributed by atoms with Crippen molar-refractivity contribution in [3.05, 3.63) is 66.7 Å². The number of para-hydroxylation sites is 2. The molecule has 0 unspecified atom stereocenters. The maximum absolute atomic E-state index is 12.7. The first-order valence-electron chi connectivity index (χ1n) is 8.76. The van der Waals surface area contributed by atoms with Crippen molar-refractivity contribution in [2.24, 2.45) is 0 Å². The Morgan fingerprint density at radius 3 is 2.74 bits per heavy atom. The van der Waals surface area contributed by atoms with Crippen LogP contribution in [0.5, 0.6) is 0 Å². The third-order valence-corrected chi connectivity index (χ3v) is 4.89. The van der Waals surface area contributed by atoms with Gasteiger partial charge in [0.25, 0.3) is 0 Å². The summed E-state index contributed by atoms with van der Waals surface area (Å²) in [5.41, 5.74) is 2.38. The standard InChI is InChI=1S/C21H16N4O2/c26-19(22-15-10-5-7-13-6-1-2-8-14(13)15)12-18-20(27)24-21-23-16-9-3-4-11-17(16)25(18)21/h1-11,18H,12H2,(H,22,26)(H,23,24,27)/t18-/m1/s1. The number of amides is 2. The van der Waals surface area contributed by atoms with E-state index in [-0.39, 0.29) is 18.2 Å². The van der Waals surface area contributed by atoms with Crippen molar-refractivity contribution in [3.8, 4) is 0 Å². The highest BCUT2D eigenvalue weighted by atomic mass is 16.2. The Balaban J connectivity index is 1.44. The van der Waals surface area contributed by atoms with Crippen LogP contribution in [0.3, 0.4) is 0 Å². The topological polar surface area (TPSA) is 76.0 Å². The van der Waals surface area contributed by atoms with E-state index in [2.05, 4.69) is 15.6 Å². The molecule has 0 fully saturated rings. The molecule has 0 saturated heterocycles. The fourth-order valence-electron chi connectivity index (χ4n) is 3.65. The Kier molecular flexibility index (Phi) is 3.43. The number of nitrogens with one attached hydrogen (secondary N) is 2. The number of imidazole rings is 1. The van der Waals surface area contributed by atoms with Crippen LogP contribution in [0.25, 0.3) is 21.8 Å². The lowest BCUT2D eigenvalue weighted by Gasteiger charge is -2.13. The van der Waals surface area contributed by atoms with E-state index >= 15 is 0 Å². The van der Waals surface area contributed by atoms with Crippen LogP contribution in [-0.2, 0) is 9.59 Å². The molecule has 0 bridgehead atoms. The van der Waals surface area contributed by atoms with Crippen LogP contribution in [0.4, 0.5) is 11.6 Å². The number of carbonyl (C=O) groups excluding carboxylic acids is 2. The van der Waals surface area contributed by atoms with Crippen LogP contribution < -0.4 is 10.6 Å². The molecule has 5 rings (SSSR count). The van der Waals surface area contributed by atoms with E-state index in [1.807, 2.05) is 66.7 Å². The first kappa shape index (κ1) is 15.6. The van der Waals surface area contributed by atoms with Crippen molar-refractivity contribution in [1.29, 1.82) is 0 Å². The first-order valence-corrected chi connectivity index (χ1v) is 8.76. The number of hydrogen-bond acceptors (Lipinski definition) is 3. The van der Waals surface area contributed by atoms with Crippen LogP contribution in [0.1, 0.15) is 12.5 Å². The summed E-state index contributed by atoms with van der Waals surface area (Å²) in [5.74, 6) is 0.0672. The maximum Gasteiger partial charge on any atom is 0.250 e. The summed E-state index contributed by atoms with van der Waals surface area (Å²) >= 11 is 0. The Morgan fingerprint density at radius 2 is 1.81 bits per heavy atom. The van der Waals surface area contributed by atoms with Gasteiger partial charge in [0.1, 0.15) is 6.04 Å². The van der Waals surface area contributed by atoms with Gasteiger partial charge in [-0.3, -0.25) is 19.5 Å². The van der Waals surface area contributed by atoms with E-state index in [9.17, 15) is 9.59 Å². The zero-order chi connectivity index (χ0) is 18.4. The number of carbonyl (C=O) groups is 2. The Labute approximate surface area is 154 Å². The van der Waals surface area contributed by atoms with Crippen molar-refractivity contribution in [2.45, 2.75) is 12.5 Å². The normalized spacial score (nSPS) is 15.7. The van der Waals surface area contributed by atoms with Gasteiger partial charge in [0.2, 0.25) is 17.8 Å². The smallest absolute Gasteiger partial charge is 0.250 e. The molecule has 0 aliphatic carbocycles. The van der Waals surface area contributed by atoms with Gasteiger partial charge in [-0.2, -0.15) is 0 Å². The summed E-state index contributed by atoms with van der Waals surface area (Å²) in [4.78, 5) is 29.5. The molecule has 6 nitrogen and oxygen atoms in total. The molecule has 3 aromatic carbocycles. The molecular formula is C21H16N4O2. The molecule has 27 heavy (non-hydrogen) atoms. The molecule has 0 saturated carbocycles. The van der Waals surface area contributed by atoms with Crippen LogP contribution in [0.15, 0.2) is 66.7 Å². The molecule has 6 heteroatoms. The Hall–Kier alpha value is -3.67. The van der Waals surface area contributed by atoms with Gasteiger partial charge in [0.05, 0.1) is 17.5 Å². The van der Waals surface area contributed by atoms with E-state index in [0.29, 0.717) is 5.95 Å². The minimum Gasteiger partial charge on any atom is -0.325 e. The zero-order valence-corrected chi connectivity index (χ0v) is 14.3. The number of nitrogens with zero attached hydrogens (tertiary/aromatic N) is 2. The van der Waals surface area contributed by atoms with Gasteiger partial charge in [-0.1, -0.05) is 48.5 Å². The van der Waals surface area contributed by atoms with Gasteiger partial charge < -0.3 is 5.32 Å². The summed E-state index contributed by atoms with van der Waals surface area (Å²) in [6, 6.07) is 20.6. The third-order valence-electron chi connectivity index (χ3n) is 4.89. The SMILES string of the molecule is O=C(C[C@@H]1C(=O)Nc2nc3ccccc3n21)Nc1cccc2ccccc12. The number of benzene rings is 3. The molecule has 1 aromatic heterocycles. The number of fused-ring (bicyclic) bond motifs is 4. The lowest BCUT2D eigenvalue weighted by molar-refractivity contribution is -0.123. The summed E-state index contributed by atoms with van der Waals surface area (Å²) in [6.45, 7) is 0. The predicted molar refractivity (Wildman–Crippen MR) is 105 cm³/mol. The van der Waals surface area contributed by atoms with Gasteiger partial charge in [-0.05, 0) is 23.6 Å². The van der Waals surface area contributed by atoms with E-state index in [1.54, 1.807) is 4.57 Å². The molecule has 2 N–H and O–H groups in total. The predicted octanol–water partition coefficient (Wildman–Crippen LogP) is 3.71. The van der Waals surface area contributed by atoms with Crippen LogP contribution in [0, 0.1) is 0 Å². The third kappa shape index (κ3) is 2.54. The van der Waals surface area contributed by atoms with E-state index in [0.717, 1.165) is 27.5 Å². The monoisotopic (exact) mass is 356 g/mol. The van der Waals surface area contributed by atoms with E-state index < -0.39 is 6.04 Å². The Morgan fingerprint density at radius 1 is 1.04 bits per heavy atom. The maximum atomic E-state index is 12.7. The fourth-order valence-corrected chi connectivity index (χ4v) is 3.65. The number of aromatic nitrogens is 2. The quantitative estimate of drug-likeness (QED) is 0.587. The van der Waals surface area contributed by atoms with Crippen molar-refractivity contribution < 1.29 is 9.59 Å². The van der Waals surface area contributed by atoms with E-state index in [1.165, 1.54) is 0 Å². The molecule has 1 atom stereocenters. The number of hydrogen-bond donors (Lipinski definition) is 2. The van der Waals surface area contributed by atoms with Crippen molar-refractivity contribution in [3.63, 3.8) is 0 Å². The van der Waals surface area contributed by atoms with Crippen LogP contribution in [0.2, 0.25) is 0 Å². The number of anilines is 2. The van der Waals surface area contributed by atoms with Gasteiger partial charge in [-0.25, -0.2) is 4.98 Å². The van der Waals surface area contributed by atoms with E-state index in [4.69, 9.17) is 0 Å². The Bertz CT molecular complexity index is 1210. The lowest BCUT2D eigenvalue weighted by atomic mass is 10.1. The molecule has 1 aliphatic heterocycles. The molecule has 2 heterocycles. The summed E-state index contributed by atoms with van der Waals surface area (Å²) in [5, 5.41) is 7.74. The second-order valence-corrected chi connectivity index (χ2v) is 6.58. The molecule has 0 radical (unpaired) electrons. The van der Waals surface area contributed by atoms with Gasteiger partial charge in [-0.15, -0.1) is 0 Å². The summed E-state index contributed by atoms with van der Waals surface area (Å²) in [7, 11) is 0.